The van der Waals surface area contributed by atoms with Crippen LogP contribution in [0.1, 0.15) is 13.8 Å². The molecule has 2 unspecified atom stereocenters. The molecule has 1 aromatic carbocycles. The smallest absolute Gasteiger partial charge is 0.240 e. The first-order valence-electron chi connectivity index (χ1n) is 5.36. The van der Waals surface area contributed by atoms with Crippen molar-refractivity contribution >= 4 is 21.6 Å². The van der Waals surface area contributed by atoms with Gasteiger partial charge < -0.3 is 5.11 Å². The number of hydrogen-bond acceptors (Lipinski definition) is 3. The van der Waals surface area contributed by atoms with E-state index in [1.54, 1.807) is 13.8 Å². The second kappa shape index (κ2) is 5.97. The molecule has 0 radical (unpaired) electrons. The van der Waals surface area contributed by atoms with Crippen molar-refractivity contribution in [1.82, 2.24) is 4.72 Å². The predicted molar refractivity (Wildman–Crippen MR) is 67.4 cm³/mol. The maximum Gasteiger partial charge on any atom is 0.240 e. The van der Waals surface area contributed by atoms with Crippen LogP contribution in [0.4, 0.5) is 4.39 Å². The van der Waals surface area contributed by atoms with Crippen LogP contribution in [0.25, 0.3) is 0 Å². The fourth-order valence-corrected chi connectivity index (χ4v) is 2.85. The Morgan fingerprint density at radius 3 is 2.56 bits per heavy atom. The Balaban J connectivity index is 2.96. The Labute approximate surface area is 111 Å². The van der Waals surface area contributed by atoms with Gasteiger partial charge in [-0.2, -0.15) is 0 Å². The highest BCUT2D eigenvalue weighted by atomic mass is 35.5. The Hall–Kier alpha value is -0.690. The van der Waals surface area contributed by atoms with E-state index in [0.29, 0.717) is 0 Å². The van der Waals surface area contributed by atoms with E-state index in [1.807, 2.05) is 0 Å². The van der Waals surface area contributed by atoms with Gasteiger partial charge in [0.1, 0.15) is 5.82 Å². The number of rotatable bonds is 5. The van der Waals surface area contributed by atoms with Crippen LogP contribution >= 0.6 is 11.6 Å². The summed E-state index contributed by atoms with van der Waals surface area (Å²) in [7, 11) is -3.77. The van der Waals surface area contributed by atoms with Gasteiger partial charge in [-0.3, -0.25) is 0 Å². The van der Waals surface area contributed by atoms with Crippen molar-refractivity contribution in [3.8, 4) is 0 Å². The highest BCUT2D eigenvalue weighted by Gasteiger charge is 2.21. The minimum atomic E-state index is -3.77. The van der Waals surface area contributed by atoms with Crippen LogP contribution in [0, 0.1) is 11.7 Å². The van der Waals surface area contributed by atoms with Gasteiger partial charge in [-0.05, 0) is 31.0 Å². The molecule has 2 atom stereocenters. The van der Waals surface area contributed by atoms with Crippen molar-refractivity contribution in [3.63, 3.8) is 0 Å². The van der Waals surface area contributed by atoms with Crippen LogP contribution in [0.5, 0.6) is 0 Å². The zero-order valence-corrected chi connectivity index (χ0v) is 11.6. The molecule has 18 heavy (non-hydrogen) atoms. The van der Waals surface area contributed by atoms with Crippen molar-refractivity contribution in [2.75, 3.05) is 6.61 Å². The zero-order chi connectivity index (χ0) is 13.9. The maximum atomic E-state index is 13.0. The molecular formula is C11H15ClFNO3S. The molecule has 7 heteroatoms. The zero-order valence-electron chi connectivity index (χ0n) is 10.0. The molecule has 0 saturated heterocycles. The van der Waals surface area contributed by atoms with Gasteiger partial charge in [0.2, 0.25) is 10.0 Å². The van der Waals surface area contributed by atoms with Crippen molar-refractivity contribution in [2.45, 2.75) is 24.8 Å². The summed E-state index contributed by atoms with van der Waals surface area (Å²) >= 11 is 5.54. The third-order valence-corrected chi connectivity index (χ3v) is 4.53. The second-order valence-corrected chi connectivity index (χ2v) is 6.27. The summed E-state index contributed by atoms with van der Waals surface area (Å²) in [4.78, 5) is -0.106. The maximum absolute atomic E-state index is 13.0. The molecule has 1 aromatic rings. The Bertz CT molecular complexity index is 521. The van der Waals surface area contributed by atoms with Gasteiger partial charge in [0.05, 0.1) is 9.92 Å². The number of nitrogens with one attached hydrogen (secondary N) is 1. The van der Waals surface area contributed by atoms with E-state index >= 15 is 0 Å². The van der Waals surface area contributed by atoms with Gasteiger partial charge in [0, 0.05) is 12.6 Å². The van der Waals surface area contributed by atoms with Gasteiger partial charge in [-0.15, -0.1) is 0 Å². The molecule has 0 aliphatic heterocycles. The molecule has 0 bridgehead atoms. The lowest BCUT2D eigenvalue weighted by Crippen LogP contribution is -2.38. The van der Waals surface area contributed by atoms with Crippen LogP contribution in [0.3, 0.4) is 0 Å². The molecule has 1 rings (SSSR count). The number of aliphatic hydroxyl groups excluding tert-OH is 1. The highest BCUT2D eigenvalue weighted by molar-refractivity contribution is 7.89. The molecule has 0 aliphatic carbocycles. The van der Waals surface area contributed by atoms with Gasteiger partial charge in [0.15, 0.2) is 0 Å². The summed E-state index contributed by atoms with van der Waals surface area (Å²) in [5.41, 5.74) is 0. The van der Waals surface area contributed by atoms with Crippen molar-refractivity contribution < 1.29 is 17.9 Å². The third kappa shape index (κ3) is 3.65. The van der Waals surface area contributed by atoms with Crippen molar-refractivity contribution in [2.24, 2.45) is 5.92 Å². The van der Waals surface area contributed by atoms with Crippen molar-refractivity contribution in [1.29, 1.82) is 0 Å². The van der Waals surface area contributed by atoms with Crippen LogP contribution < -0.4 is 4.72 Å². The second-order valence-electron chi connectivity index (χ2n) is 4.15. The monoisotopic (exact) mass is 295 g/mol. The van der Waals surface area contributed by atoms with E-state index in [4.69, 9.17) is 16.7 Å². The van der Waals surface area contributed by atoms with Gasteiger partial charge in [-0.25, -0.2) is 17.5 Å². The SMILES string of the molecule is CC(CO)C(C)NS(=O)(=O)c1ccc(F)c(Cl)c1. The molecule has 2 N–H and O–H groups in total. The first kappa shape index (κ1) is 15.4. The van der Waals surface area contributed by atoms with Gasteiger partial charge in [-0.1, -0.05) is 18.5 Å². The lowest BCUT2D eigenvalue weighted by molar-refractivity contribution is 0.216. The molecule has 0 aromatic heterocycles. The number of halogens is 2. The standard InChI is InChI=1S/C11H15ClFNO3S/c1-7(6-15)8(2)14-18(16,17)9-3-4-11(13)10(12)5-9/h3-5,7-8,14-15H,6H2,1-2H3. The fraction of sp³-hybridized carbons (Fsp3) is 0.455. The average Bonchev–Trinajstić information content (AvgIpc) is 2.30. The highest BCUT2D eigenvalue weighted by Crippen LogP contribution is 2.20. The molecule has 4 nitrogen and oxygen atoms in total. The molecule has 0 heterocycles. The van der Waals surface area contributed by atoms with E-state index in [-0.39, 0.29) is 22.4 Å². The Morgan fingerprint density at radius 1 is 1.44 bits per heavy atom. The topological polar surface area (TPSA) is 66.4 Å². The van der Waals surface area contributed by atoms with Crippen LogP contribution in [0.2, 0.25) is 5.02 Å². The molecule has 0 amide bonds. The summed E-state index contributed by atoms with van der Waals surface area (Å²) in [6, 6.07) is 2.75. The third-order valence-electron chi connectivity index (χ3n) is 2.68. The molecule has 0 spiro atoms. The van der Waals surface area contributed by atoms with E-state index in [0.717, 1.165) is 18.2 Å². The normalized spacial score (nSPS) is 15.4. The Kier molecular flexibility index (Phi) is 5.10. The number of benzene rings is 1. The van der Waals surface area contributed by atoms with E-state index in [1.165, 1.54) is 0 Å². The predicted octanol–water partition coefficient (Wildman–Crippen LogP) is 1.77. The van der Waals surface area contributed by atoms with E-state index in [2.05, 4.69) is 4.72 Å². The first-order valence-corrected chi connectivity index (χ1v) is 7.22. The van der Waals surface area contributed by atoms with Gasteiger partial charge >= 0.3 is 0 Å². The largest absolute Gasteiger partial charge is 0.396 e. The average molecular weight is 296 g/mol. The lowest BCUT2D eigenvalue weighted by Gasteiger charge is -2.19. The Morgan fingerprint density at radius 2 is 2.06 bits per heavy atom. The van der Waals surface area contributed by atoms with Crippen LogP contribution in [-0.4, -0.2) is 26.2 Å². The molecule has 0 fully saturated rings. The van der Waals surface area contributed by atoms with Crippen LogP contribution in [-0.2, 0) is 10.0 Å². The summed E-state index contributed by atoms with van der Waals surface area (Å²) in [5.74, 6) is -0.900. The minimum Gasteiger partial charge on any atom is -0.396 e. The summed E-state index contributed by atoms with van der Waals surface area (Å²) in [6.45, 7) is 3.22. The van der Waals surface area contributed by atoms with E-state index < -0.39 is 21.9 Å². The number of aliphatic hydroxyl groups is 1. The van der Waals surface area contributed by atoms with Crippen molar-refractivity contribution in [3.05, 3.63) is 29.0 Å². The molecule has 0 saturated carbocycles. The number of sulfonamides is 1. The lowest BCUT2D eigenvalue weighted by atomic mass is 10.1. The minimum absolute atomic E-state index is 0.106. The molecule has 102 valence electrons. The molecule has 0 aliphatic rings. The summed E-state index contributed by atoms with van der Waals surface area (Å²) in [6.07, 6.45) is 0. The fourth-order valence-electron chi connectivity index (χ4n) is 1.23. The van der Waals surface area contributed by atoms with E-state index in [9.17, 15) is 12.8 Å². The van der Waals surface area contributed by atoms with Crippen LogP contribution in [0.15, 0.2) is 23.1 Å². The van der Waals surface area contributed by atoms with Gasteiger partial charge in [0.25, 0.3) is 0 Å². The number of hydrogen-bond donors (Lipinski definition) is 2. The quantitative estimate of drug-likeness (QED) is 0.870. The summed E-state index contributed by atoms with van der Waals surface area (Å²) in [5, 5.41) is 8.70. The molecular weight excluding hydrogens is 281 g/mol. The first-order chi connectivity index (χ1) is 8.27. The summed E-state index contributed by atoms with van der Waals surface area (Å²) < 4.78 is 39.3.